The standard InChI is InChI=1S/C30H34NO4P/c1-20(2)31-19-24-26(27-29(32-24)35-30(3,4)34-27)33-28(31)23-17-11-12-18-25(23)36(21-13-7-5-8-14-21)22-15-9-6-10-16-22/h5-18,20,24,26-29H,19H2,1-4H3/t24?,26-,27+,28-,29+/m0/s1. The van der Waals surface area contributed by atoms with Crippen molar-refractivity contribution in [3.8, 4) is 0 Å². The van der Waals surface area contributed by atoms with Crippen LogP contribution >= 0.6 is 7.92 Å². The second-order valence-corrected chi connectivity index (χ2v) is 12.6. The maximum atomic E-state index is 6.95. The van der Waals surface area contributed by atoms with Crippen molar-refractivity contribution in [1.82, 2.24) is 4.90 Å². The van der Waals surface area contributed by atoms with E-state index in [0.717, 1.165) is 6.54 Å². The molecule has 0 saturated carbocycles. The molecule has 1 unspecified atom stereocenters. The van der Waals surface area contributed by atoms with E-state index in [1.165, 1.54) is 21.5 Å². The molecular weight excluding hydrogens is 469 g/mol. The van der Waals surface area contributed by atoms with E-state index in [0.29, 0.717) is 0 Å². The average molecular weight is 504 g/mol. The molecule has 3 heterocycles. The molecule has 6 rings (SSSR count). The molecule has 0 bridgehead atoms. The summed E-state index contributed by atoms with van der Waals surface area (Å²) in [5.41, 5.74) is 1.21. The zero-order valence-corrected chi connectivity index (χ0v) is 22.2. The molecule has 0 N–H and O–H groups in total. The number of nitrogens with zero attached hydrogens (tertiary/aromatic N) is 1. The summed E-state index contributed by atoms with van der Waals surface area (Å²) in [7, 11) is -0.764. The van der Waals surface area contributed by atoms with Crippen LogP contribution in [0.15, 0.2) is 84.9 Å². The van der Waals surface area contributed by atoms with Crippen molar-refractivity contribution in [3.63, 3.8) is 0 Å². The lowest BCUT2D eigenvalue weighted by atomic mass is 10.0. The van der Waals surface area contributed by atoms with Crippen LogP contribution < -0.4 is 15.9 Å². The van der Waals surface area contributed by atoms with Crippen molar-refractivity contribution in [1.29, 1.82) is 0 Å². The molecule has 5 atom stereocenters. The number of rotatable bonds is 5. The second kappa shape index (κ2) is 9.64. The van der Waals surface area contributed by atoms with E-state index < -0.39 is 13.7 Å². The van der Waals surface area contributed by atoms with Gasteiger partial charge < -0.3 is 18.9 Å². The quantitative estimate of drug-likeness (QED) is 0.482. The summed E-state index contributed by atoms with van der Waals surface area (Å²) in [6.45, 7) is 9.10. The first-order valence-corrected chi connectivity index (χ1v) is 14.2. The van der Waals surface area contributed by atoms with Gasteiger partial charge in [-0.15, -0.1) is 0 Å². The maximum Gasteiger partial charge on any atom is 0.190 e. The molecule has 3 fully saturated rings. The van der Waals surface area contributed by atoms with Gasteiger partial charge in [0.1, 0.15) is 24.5 Å². The number of fused-ring (bicyclic) bond motifs is 3. The van der Waals surface area contributed by atoms with E-state index in [2.05, 4.69) is 104 Å². The summed E-state index contributed by atoms with van der Waals surface area (Å²) in [5, 5.41) is 3.97. The topological polar surface area (TPSA) is 40.2 Å². The molecule has 0 aromatic heterocycles. The Morgan fingerprint density at radius 1 is 0.778 bits per heavy atom. The van der Waals surface area contributed by atoms with E-state index in [-0.39, 0.29) is 36.9 Å². The van der Waals surface area contributed by atoms with Gasteiger partial charge in [0.25, 0.3) is 0 Å². The second-order valence-electron chi connectivity index (χ2n) is 10.5. The minimum absolute atomic E-state index is 0.0772. The molecule has 3 aliphatic heterocycles. The zero-order valence-electron chi connectivity index (χ0n) is 21.3. The third-order valence-electron chi connectivity index (χ3n) is 7.20. The van der Waals surface area contributed by atoms with E-state index in [1.54, 1.807) is 0 Å². The summed E-state index contributed by atoms with van der Waals surface area (Å²) in [4.78, 5) is 2.41. The average Bonchev–Trinajstić information content (AvgIpc) is 3.36. The van der Waals surface area contributed by atoms with Crippen molar-refractivity contribution < 1.29 is 18.9 Å². The highest BCUT2D eigenvalue weighted by Crippen LogP contribution is 2.45. The van der Waals surface area contributed by atoms with Crippen LogP contribution in [-0.4, -0.2) is 47.9 Å². The molecule has 0 aliphatic carbocycles. The lowest BCUT2D eigenvalue weighted by Crippen LogP contribution is -2.54. The highest BCUT2D eigenvalue weighted by Gasteiger charge is 2.58. The summed E-state index contributed by atoms with van der Waals surface area (Å²) in [6.07, 6.45) is -1.06. The molecule has 0 amide bonds. The van der Waals surface area contributed by atoms with Gasteiger partial charge in [0.2, 0.25) is 0 Å². The summed E-state index contributed by atoms with van der Waals surface area (Å²) in [6, 6.07) is 30.8. The maximum absolute atomic E-state index is 6.95. The fraction of sp³-hybridized carbons (Fsp3) is 0.400. The number of benzene rings is 3. The Labute approximate surface area is 215 Å². The minimum atomic E-state index is -0.764. The number of hydrogen-bond acceptors (Lipinski definition) is 5. The van der Waals surface area contributed by atoms with Gasteiger partial charge >= 0.3 is 0 Å². The number of ether oxygens (including phenoxy) is 4. The van der Waals surface area contributed by atoms with Crippen LogP contribution in [0.1, 0.15) is 39.5 Å². The van der Waals surface area contributed by atoms with Crippen molar-refractivity contribution in [2.75, 3.05) is 6.54 Å². The largest absolute Gasteiger partial charge is 0.350 e. The van der Waals surface area contributed by atoms with Crippen LogP contribution in [0.4, 0.5) is 0 Å². The molecule has 6 heteroatoms. The van der Waals surface area contributed by atoms with Crippen LogP contribution in [0.2, 0.25) is 0 Å². The third-order valence-corrected chi connectivity index (χ3v) is 9.72. The minimum Gasteiger partial charge on any atom is -0.350 e. The highest BCUT2D eigenvalue weighted by atomic mass is 31.1. The Morgan fingerprint density at radius 3 is 2.03 bits per heavy atom. The van der Waals surface area contributed by atoms with E-state index in [9.17, 15) is 0 Å². The Bertz CT molecular complexity index is 1150. The SMILES string of the molecule is CC(C)N1CC2O[C@@H]3OC(C)(C)O[C@@H]3[C@H]2O[C@H]1c1ccccc1P(c1ccccc1)c1ccccc1. The van der Waals surface area contributed by atoms with Crippen LogP contribution in [0, 0.1) is 0 Å². The predicted molar refractivity (Wildman–Crippen MR) is 143 cm³/mol. The van der Waals surface area contributed by atoms with E-state index >= 15 is 0 Å². The smallest absolute Gasteiger partial charge is 0.190 e. The first kappa shape index (κ1) is 24.2. The molecular formula is C30H34NO4P. The van der Waals surface area contributed by atoms with Crippen LogP contribution in [0.3, 0.4) is 0 Å². The molecule has 3 saturated heterocycles. The fourth-order valence-corrected chi connectivity index (χ4v) is 8.08. The summed E-state index contributed by atoms with van der Waals surface area (Å²) in [5.74, 6) is -0.665. The molecule has 188 valence electrons. The number of hydrogen-bond donors (Lipinski definition) is 0. The fourth-order valence-electron chi connectivity index (χ4n) is 5.60. The van der Waals surface area contributed by atoms with Gasteiger partial charge in [0.15, 0.2) is 12.1 Å². The van der Waals surface area contributed by atoms with Gasteiger partial charge in [-0.1, -0.05) is 84.9 Å². The zero-order chi connectivity index (χ0) is 24.9. The molecule has 0 radical (unpaired) electrons. The Balaban J connectivity index is 1.42. The summed E-state index contributed by atoms with van der Waals surface area (Å²) >= 11 is 0. The summed E-state index contributed by atoms with van der Waals surface area (Å²) < 4.78 is 25.5. The van der Waals surface area contributed by atoms with Gasteiger partial charge in [0.05, 0.1) is 0 Å². The third kappa shape index (κ3) is 4.43. The van der Waals surface area contributed by atoms with Gasteiger partial charge in [-0.05, 0) is 51.5 Å². The lowest BCUT2D eigenvalue weighted by Gasteiger charge is -2.45. The Hall–Kier alpha value is -2.11. The Morgan fingerprint density at radius 2 is 1.39 bits per heavy atom. The predicted octanol–water partition coefficient (Wildman–Crippen LogP) is 4.43. The normalized spacial score (nSPS) is 29.4. The Kier molecular flexibility index (Phi) is 6.49. The van der Waals surface area contributed by atoms with Gasteiger partial charge in [0, 0.05) is 18.2 Å². The van der Waals surface area contributed by atoms with E-state index in [1.807, 2.05) is 13.8 Å². The molecule has 0 spiro atoms. The first-order chi connectivity index (χ1) is 17.4. The van der Waals surface area contributed by atoms with Crippen molar-refractivity contribution in [2.45, 2.75) is 70.4 Å². The van der Waals surface area contributed by atoms with Crippen LogP contribution in [0.5, 0.6) is 0 Å². The van der Waals surface area contributed by atoms with Gasteiger partial charge in [-0.3, -0.25) is 4.90 Å². The van der Waals surface area contributed by atoms with Crippen molar-refractivity contribution in [3.05, 3.63) is 90.5 Å². The lowest BCUT2D eigenvalue weighted by molar-refractivity contribution is -0.254. The highest BCUT2D eigenvalue weighted by molar-refractivity contribution is 7.79. The molecule has 3 aromatic carbocycles. The van der Waals surface area contributed by atoms with E-state index in [4.69, 9.17) is 18.9 Å². The molecule has 5 nitrogen and oxygen atoms in total. The molecule has 3 aliphatic rings. The van der Waals surface area contributed by atoms with Crippen molar-refractivity contribution >= 4 is 23.8 Å². The monoisotopic (exact) mass is 503 g/mol. The van der Waals surface area contributed by atoms with Crippen LogP contribution in [0.25, 0.3) is 0 Å². The molecule has 36 heavy (non-hydrogen) atoms. The first-order valence-electron chi connectivity index (χ1n) is 12.8. The molecule has 3 aromatic rings. The van der Waals surface area contributed by atoms with Gasteiger partial charge in [-0.25, -0.2) is 0 Å². The van der Waals surface area contributed by atoms with Crippen LogP contribution in [-0.2, 0) is 18.9 Å². The van der Waals surface area contributed by atoms with Crippen molar-refractivity contribution in [2.24, 2.45) is 0 Å². The van der Waals surface area contributed by atoms with Gasteiger partial charge in [-0.2, -0.15) is 0 Å².